The second-order valence-electron chi connectivity index (χ2n) is 6.10. The standard InChI is InChI=1S/C23H21ClINO3/c1-3-28-22-13-16(14-26-18-8-10-19(27-2)11-9-18)12-21(25)23(22)29-15-17-6-4-5-7-20(17)24/h4-14H,3,15H2,1-2H3. The average Bonchev–Trinajstić information content (AvgIpc) is 2.73. The molecule has 4 nitrogen and oxygen atoms in total. The molecule has 150 valence electrons. The van der Waals surface area contributed by atoms with Gasteiger partial charge in [0.05, 0.1) is 23.0 Å². The summed E-state index contributed by atoms with van der Waals surface area (Å²) in [5, 5.41) is 0.684. The minimum atomic E-state index is 0.370. The van der Waals surface area contributed by atoms with Crippen molar-refractivity contribution in [1.82, 2.24) is 0 Å². The first kappa shape index (κ1) is 21.5. The maximum Gasteiger partial charge on any atom is 0.175 e. The fourth-order valence-electron chi connectivity index (χ4n) is 2.65. The number of hydrogen-bond acceptors (Lipinski definition) is 4. The van der Waals surface area contributed by atoms with Crippen LogP contribution in [-0.4, -0.2) is 19.9 Å². The van der Waals surface area contributed by atoms with Crippen LogP contribution >= 0.6 is 34.2 Å². The highest BCUT2D eigenvalue weighted by atomic mass is 127. The molecule has 0 unspecified atom stereocenters. The molecule has 6 heteroatoms. The van der Waals surface area contributed by atoms with Crippen LogP contribution in [0.4, 0.5) is 5.69 Å². The van der Waals surface area contributed by atoms with E-state index in [9.17, 15) is 0 Å². The topological polar surface area (TPSA) is 40.0 Å². The molecular weight excluding hydrogens is 501 g/mol. The Morgan fingerprint density at radius 1 is 1.03 bits per heavy atom. The van der Waals surface area contributed by atoms with Gasteiger partial charge in [0, 0.05) is 16.8 Å². The minimum absolute atomic E-state index is 0.370. The number of aliphatic imine (C=N–C) groups is 1. The lowest BCUT2D eigenvalue weighted by Gasteiger charge is -2.15. The zero-order valence-corrected chi connectivity index (χ0v) is 19.1. The second-order valence-corrected chi connectivity index (χ2v) is 7.67. The summed E-state index contributed by atoms with van der Waals surface area (Å²) in [5.41, 5.74) is 2.70. The summed E-state index contributed by atoms with van der Waals surface area (Å²) in [4.78, 5) is 4.53. The van der Waals surface area contributed by atoms with Crippen LogP contribution in [-0.2, 0) is 6.61 Å². The first-order valence-electron chi connectivity index (χ1n) is 9.11. The molecular formula is C23H21ClINO3. The van der Waals surface area contributed by atoms with Gasteiger partial charge in [-0.1, -0.05) is 29.8 Å². The molecule has 3 rings (SSSR count). The van der Waals surface area contributed by atoms with Gasteiger partial charge < -0.3 is 14.2 Å². The summed E-state index contributed by atoms with van der Waals surface area (Å²) in [5.74, 6) is 2.19. The van der Waals surface area contributed by atoms with Gasteiger partial charge >= 0.3 is 0 Å². The van der Waals surface area contributed by atoms with Gasteiger partial charge in [-0.25, -0.2) is 0 Å². The monoisotopic (exact) mass is 521 g/mol. The Labute approximate surface area is 189 Å². The lowest BCUT2D eigenvalue weighted by molar-refractivity contribution is 0.267. The number of rotatable bonds is 8. The van der Waals surface area contributed by atoms with Gasteiger partial charge in [0.2, 0.25) is 0 Å². The quantitative estimate of drug-likeness (QED) is 0.245. The highest BCUT2D eigenvalue weighted by Gasteiger charge is 2.13. The Bertz CT molecular complexity index is 990. The Kier molecular flexibility index (Phi) is 7.77. The molecule has 0 aliphatic heterocycles. The van der Waals surface area contributed by atoms with Crippen molar-refractivity contribution in [3.05, 3.63) is 80.4 Å². The molecule has 0 saturated carbocycles. The number of ether oxygens (including phenoxy) is 3. The predicted octanol–water partition coefficient (Wildman–Crippen LogP) is 6.68. The Balaban J connectivity index is 1.81. The molecule has 0 amide bonds. The van der Waals surface area contributed by atoms with Crippen LogP contribution in [0, 0.1) is 3.57 Å². The van der Waals surface area contributed by atoms with Crippen LogP contribution in [0.1, 0.15) is 18.1 Å². The van der Waals surface area contributed by atoms with Crippen molar-refractivity contribution in [1.29, 1.82) is 0 Å². The van der Waals surface area contributed by atoms with Crippen molar-refractivity contribution in [2.24, 2.45) is 4.99 Å². The molecule has 3 aromatic rings. The number of benzene rings is 3. The molecule has 0 fully saturated rings. The third-order valence-electron chi connectivity index (χ3n) is 4.10. The Hall–Kier alpha value is -2.25. The van der Waals surface area contributed by atoms with Crippen LogP contribution in [0.5, 0.6) is 17.2 Å². The van der Waals surface area contributed by atoms with Crippen LogP contribution in [0.3, 0.4) is 0 Å². The van der Waals surface area contributed by atoms with Gasteiger partial charge in [-0.15, -0.1) is 0 Å². The van der Waals surface area contributed by atoms with Gasteiger partial charge in [-0.3, -0.25) is 4.99 Å². The summed E-state index contributed by atoms with van der Waals surface area (Å²) in [7, 11) is 1.64. The van der Waals surface area contributed by atoms with E-state index in [0.29, 0.717) is 29.7 Å². The molecule has 0 spiro atoms. The van der Waals surface area contributed by atoms with E-state index < -0.39 is 0 Å². The molecule has 0 atom stereocenters. The van der Waals surface area contributed by atoms with Gasteiger partial charge in [-0.05, 0) is 77.5 Å². The number of methoxy groups -OCH3 is 1. The molecule has 0 heterocycles. The average molecular weight is 522 g/mol. The van der Waals surface area contributed by atoms with E-state index in [1.165, 1.54) is 0 Å². The highest BCUT2D eigenvalue weighted by molar-refractivity contribution is 14.1. The number of nitrogens with zero attached hydrogens (tertiary/aromatic N) is 1. The summed E-state index contributed by atoms with van der Waals surface area (Å²) >= 11 is 8.49. The molecule has 0 radical (unpaired) electrons. The SMILES string of the molecule is CCOc1cc(C=Nc2ccc(OC)cc2)cc(I)c1OCc1ccccc1Cl. The van der Waals surface area contributed by atoms with Gasteiger partial charge in [0.1, 0.15) is 12.4 Å². The largest absolute Gasteiger partial charge is 0.497 e. The van der Waals surface area contributed by atoms with Crippen LogP contribution in [0.2, 0.25) is 5.02 Å². The third kappa shape index (κ3) is 5.87. The fraction of sp³-hybridized carbons (Fsp3) is 0.174. The van der Waals surface area contributed by atoms with E-state index >= 15 is 0 Å². The van der Waals surface area contributed by atoms with Crippen LogP contribution in [0.25, 0.3) is 0 Å². The molecule has 3 aromatic carbocycles. The van der Waals surface area contributed by atoms with Crippen LogP contribution < -0.4 is 14.2 Å². The van der Waals surface area contributed by atoms with Crippen molar-refractivity contribution in [3.63, 3.8) is 0 Å². The smallest absolute Gasteiger partial charge is 0.175 e. The summed E-state index contributed by atoms with van der Waals surface area (Å²) in [6, 6.07) is 19.2. The van der Waals surface area contributed by atoms with E-state index in [2.05, 4.69) is 27.6 Å². The third-order valence-corrected chi connectivity index (χ3v) is 5.27. The lowest BCUT2D eigenvalue weighted by atomic mass is 10.2. The first-order valence-corrected chi connectivity index (χ1v) is 10.6. The lowest BCUT2D eigenvalue weighted by Crippen LogP contribution is -2.03. The van der Waals surface area contributed by atoms with E-state index in [4.69, 9.17) is 25.8 Å². The Morgan fingerprint density at radius 2 is 1.79 bits per heavy atom. The van der Waals surface area contributed by atoms with E-state index in [0.717, 1.165) is 26.1 Å². The fourth-order valence-corrected chi connectivity index (χ4v) is 3.62. The molecule has 0 N–H and O–H groups in total. The zero-order chi connectivity index (χ0) is 20.6. The maximum atomic E-state index is 6.24. The molecule has 0 aliphatic rings. The Morgan fingerprint density at radius 3 is 2.48 bits per heavy atom. The van der Waals surface area contributed by atoms with Crippen LogP contribution in [0.15, 0.2) is 65.7 Å². The number of hydrogen-bond donors (Lipinski definition) is 0. The number of halogens is 2. The zero-order valence-electron chi connectivity index (χ0n) is 16.2. The molecule has 0 bridgehead atoms. The minimum Gasteiger partial charge on any atom is -0.497 e. The van der Waals surface area contributed by atoms with E-state index in [1.54, 1.807) is 7.11 Å². The molecule has 0 aromatic heterocycles. The van der Waals surface area contributed by atoms with Gasteiger partial charge in [0.25, 0.3) is 0 Å². The predicted molar refractivity (Wildman–Crippen MR) is 126 cm³/mol. The molecule has 29 heavy (non-hydrogen) atoms. The van der Waals surface area contributed by atoms with Crippen molar-refractivity contribution in [3.8, 4) is 17.2 Å². The van der Waals surface area contributed by atoms with E-state index in [-0.39, 0.29) is 0 Å². The highest BCUT2D eigenvalue weighted by Crippen LogP contribution is 2.35. The second kappa shape index (κ2) is 10.5. The van der Waals surface area contributed by atoms with Crippen molar-refractivity contribution >= 4 is 46.1 Å². The summed E-state index contributed by atoms with van der Waals surface area (Å²) < 4.78 is 18.0. The molecule has 0 aliphatic carbocycles. The normalized spacial score (nSPS) is 10.9. The van der Waals surface area contributed by atoms with Crippen molar-refractivity contribution < 1.29 is 14.2 Å². The van der Waals surface area contributed by atoms with Crippen molar-refractivity contribution in [2.45, 2.75) is 13.5 Å². The first-order chi connectivity index (χ1) is 14.1. The summed E-state index contributed by atoms with van der Waals surface area (Å²) in [6.07, 6.45) is 1.81. The summed E-state index contributed by atoms with van der Waals surface area (Å²) in [6.45, 7) is 2.86. The maximum absolute atomic E-state index is 6.24. The van der Waals surface area contributed by atoms with Gasteiger partial charge in [-0.2, -0.15) is 0 Å². The van der Waals surface area contributed by atoms with Gasteiger partial charge in [0.15, 0.2) is 11.5 Å². The van der Waals surface area contributed by atoms with Crippen molar-refractivity contribution in [2.75, 3.05) is 13.7 Å². The molecule has 0 saturated heterocycles. The van der Waals surface area contributed by atoms with E-state index in [1.807, 2.05) is 73.8 Å².